The van der Waals surface area contributed by atoms with E-state index in [-0.39, 0.29) is 26.5 Å². The van der Waals surface area contributed by atoms with E-state index in [4.69, 9.17) is 27.9 Å². The molecule has 0 radical (unpaired) electrons. The van der Waals surface area contributed by atoms with Gasteiger partial charge in [0.2, 0.25) is 0 Å². The zero-order valence-electron chi connectivity index (χ0n) is 22.9. The summed E-state index contributed by atoms with van der Waals surface area (Å²) in [7, 11) is -4.34. The lowest BCUT2D eigenvalue weighted by atomic mass is 9.89. The number of nitrogens with one attached hydrogen (secondary N) is 1. The molecule has 0 bridgehead atoms. The van der Waals surface area contributed by atoms with E-state index in [9.17, 15) is 18.0 Å². The second kappa shape index (κ2) is 12.4. The lowest BCUT2D eigenvalue weighted by molar-refractivity contribution is -0.152. The third-order valence-corrected chi connectivity index (χ3v) is 8.98. The van der Waals surface area contributed by atoms with E-state index in [0.29, 0.717) is 28.8 Å². The zero-order valence-corrected chi connectivity index (χ0v) is 25.2. The molecule has 1 aliphatic carbocycles. The number of carbonyl (C=O) groups excluding carboxylic acids is 2. The number of nitrogens with zero attached hydrogens (tertiary/aromatic N) is 1. The minimum atomic E-state index is -4.34. The van der Waals surface area contributed by atoms with Crippen LogP contribution in [0.2, 0.25) is 10.0 Å². The number of amides is 1. The molecule has 1 saturated carbocycles. The van der Waals surface area contributed by atoms with E-state index in [0.717, 1.165) is 17.1 Å². The maximum Gasteiger partial charge on any atom is 0.327 e. The van der Waals surface area contributed by atoms with Crippen LogP contribution in [0.4, 0.5) is 5.69 Å². The van der Waals surface area contributed by atoms with Crippen molar-refractivity contribution in [3.05, 3.63) is 70.2 Å². The number of anilines is 1. The molecule has 0 saturated heterocycles. The van der Waals surface area contributed by atoms with E-state index in [1.807, 2.05) is 0 Å². The highest BCUT2D eigenvalue weighted by molar-refractivity contribution is 7.93. The summed E-state index contributed by atoms with van der Waals surface area (Å²) in [5.74, 6) is -0.499. The Hall–Kier alpha value is -2.81. The van der Waals surface area contributed by atoms with Crippen LogP contribution in [0.3, 0.4) is 0 Å². The van der Waals surface area contributed by atoms with Crippen molar-refractivity contribution in [2.75, 3.05) is 17.4 Å². The first-order chi connectivity index (χ1) is 18.8. The number of sulfonamides is 1. The van der Waals surface area contributed by atoms with Gasteiger partial charge in [-0.1, -0.05) is 66.7 Å². The molecule has 0 unspecified atom stereocenters. The Balaban J connectivity index is 1.77. The zero-order chi connectivity index (χ0) is 29.1. The van der Waals surface area contributed by atoms with Crippen LogP contribution < -0.4 is 9.62 Å². The molecule has 1 aliphatic rings. The second-order valence-corrected chi connectivity index (χ2v) is 13.8. The van der Waals surface area contributed by atoms with E-state index >= 15 is 0 Å². The Bertz CT molecular complexity index is 1490. The lowest BCUT2D eigenvalue weighted by Crippen LogP contribution is -2.39. The van der Waals surface area contributed by atoms with Gasteiger partial charge < -0.3 is 10.1 Å². The molecule has 3 aromatic rings. The van der Waals surface area contributed by atoms with Gasteiger partial charge in [-0.05, 0) is 75.2 Å². The first-order valence-electron chi connectivity index (χ1n) is 13.4. The van der Waals surface area contributed by atoms with Gasteiger partial charge in [-0.3, -0.25) is 13.9 Å². The summed E-state index contributed by atoms with van der Waals surface area (Å²) in [5, 5.41) is 4.39. The molecule has 40 heavy (non-hydrogen) atoms. The monoisotopic (exact) mass is 604 g/mol. The summed E-state index contributed by atoms with van der Waals surface area (Å²) in [6, 6.07) is 14.2. The molecule has 7 nitrogen and oxygen atoms in total. The average molecular weight is 606 g/mol. The molecule has 3 aromatic carbocycles. The third-order valence-electron chi connectivity index (χ3n) is 6.81. The van der Waals surface area contributed by atoms with Crippen molar-refractivity contribution in [1.29, 1.82) is 0 Å². The van der Waals surface area contributed by atoms with Gasteiger partial charge in [0.1, 0.15) is 12.1 Å². The van der Waals surface area contributed by atoms with E-state index < -0.39 is 28.1 Å². The predicted molar refractivity (Wildman–Crippen MR) is 160 cm³/mol. The summed E-state index contributed by atoms with van der Waals surface area (Å²) < 4.78 is 34.5. The number of hydrogen-bond donors (Lipinski definition) is 1. The maximum absolute atomic E-state index is 14.0. The topological polar surface area (TPSA) is 92.8 Å². The normalized spacial score (nSPS) is 14.6. The standard InChI is InChI=1S/C30H34Cl2N2O5S/c1-30(2,3)39-28(35)19-34(40(37,38)23-16-21(31)15-22(32)17-23)27-14-8-11-24-25(27)12-7-13-26(24)29(36)33-18-20-9-5-4-6-10-20/h7-8,11-17,20H,4-6,9-10,18-19H2,1-3H3,(H,33,36). The minimum absolute atomic E-state index is 0.137. The van der Waals surface area contributed by atoms with E-state index in [1.54, 1.807) is 57.2 Å². The van der Waals surface area contributed by atoms with Crippen LogP contribution in [0.15, 0.2) is 59.5 Å². The van der Waals surface area contributed by atoms with Gasteiger partial charge in [-0.2, -0.15) is 0 Å². The van der Waals surface area contributed by atoms with Crippen molar-refractivity contribution >= 4 is 61.6 Å². The Labute approximate surface area is 245 Å². The largest absolute Gasteiger partial charge is 0.459 e. The third kappa shape index (κ3) is 7.28. The van der Waals surface area contributed by atoms with Crippen LogP contribution in [-0.2, 0) is 19.6 Å². The quantitative estimate of drug-likeness (QED) is 0.280. The number of esters is 1. The van der Waals surface area contributed by atoms with Gasteiger partial charge in [0.05, 0.1) is 10.6 Å². The molecule has 214 valence electrons. The SMILES string of the molecule is CC(C)(C)OC(=O)CN(c1cccc2c(C(=O)NCC3CCCCC3)cccc12)S(=O)(=O)c1cc(Cl)cc(Cl)c1. The summed E-state index contributed by atoms with van der Waals surface area (Å²) in [5.41, 5.74) is -0.175. The molecule has 1 N–H and O–H groups in total. The molecule has 1 fully saturated rings. The van der Waals surface area contributed by atoms with E-state index in [1.165, 1.54) is 37.5 Å². The van der Waals surface area contributed by atoms with Crippen molar-refractivity contribution in [1.82, 2.24) is 5.32 Å². The van der Waals surface area contributed by atoms with Crippen molar-refractivity contribution in [2.24, 2.45) is 5.92 Å². The first-order valence-corrected chi connectivity index (χ1v) is 15.6. The first kappa shape index (κ1) is 30.2. The van der Waals surface area contributed by atoms with Crippen molar-refractivity contribution in [2.45, 2.75) is 63.4 Å². The minimum Gasteiger partial charge on any atom is -0.459 e. The van der Waals surface area contributed by atoms with Crippen molar-refractivity contribution in [3.63, 3.8) is 0 Å². The summed E-state index contributed by atoms with van der Waals surface area (Å²) in [6.45, 7) is 5.12. The number of rotatable bonds is 8. The highest BCUT2D eigenvalue weighted by atomic mass is 35.5. The molecule has 0 aliphatic heterocycles. The van der Waals surface area contributed by atoms with Gasteiger partial charge in [-0.25, -0.2) is 8.42 Å². The smallest absolute Gasteiger partial charge is 0.327 e. The van der Waals surface area contributed by atoms with Crippen LogP contribution >= 0.6 is 23.2 Å². The summed E-state index contributed by atoms with van der Waals surface area (Å²) in [6.07, 6.45) is 5.80. The van der Waals surface area contributed by atoms with Crippen LogP contribution in [0, 0.1) is 5.92 Å². The Morgan fingerprint density at radius 2 is 1.57 bits per heavy atom. The van der Waals surface area contributed by atoms with Gasteiger partial charge in [-0.15, -0.1) is 0 Å². The predicted octanol–water partition coefficient (Wildman–Crippen LogP) is 6.99. The fraction of sp³-hybridized carbons (Fsp3) is 0.400. The van der Waals surface area contributed by atoms with Gasteiger partial charge in [0.15, 0.2) is 0 Å². The fourth-order valence-electron chi connectivity index (χ4n) is 5.03. The van der Waals surface area contributed by atoms with Gasteiger partial charge in [0, 0.05) is 27.5 Å². The van der Waals surface area contributed by atoms with Crippen LogP contribution in [0.25, 0.3) is 10.8 Å². The lowest BCUT2D eigenvalue weighted by Gasteiger charge is -2.27. The van der Waals surface area contributed by atoms with Crippen molar-refractivity contribution < 1.29 is 22.7 Å². The maximum atomic E-state index is 14.0. The van der Waals surface area contributed by atoms with Crippen LogP contribution in [0.1, 0.15) is 63.2 Å². The summed E-state index contributed by atoms with van der Waals surface area (Å²) in [4.78, 5) is 26.0. The molecule has 0 spiro atoms. The number of benzene rings is 3. The molecular weight excluding hydrogens is 571 g/mol. The highest BCUT2D eigenvalue weighted by Crippen LogP contribution is 2.34. The highest BCUT2D eigenvalue weighted by Gasteiger charge is 2.31. The van der Waals surface area contributed by atoms with Crippen LogP contribution in [-0.4, -0.2) is 39.0 Å². The molecule has 0 aromatic heterocycles. The van der Waals surface area contributed by atoms with Gasteiger partial charge >= 0.3 is 5.97 Å². The molecule has 1 amide bonds. The number of ether oxygens (including phenoxy) is 1. The number of fused-ring (bicyclic) bond motifs is 1. The molecule has 0 atom stereocenters. The number of carbonyl (C=O) groups is 2. The molecule has 10 heteroatoms. The molecule has 0 heterocycles. The number of hydrogen-bond acceptors (Lipinski definition) is 5. The molecule has 4 rings (SSSR count). The van der Waals surface area contributed by atoms with E-state index in [2.05, 4.69) is 5.32 Å². The summed E-state index contributed by atoms with van der Waals surface area (Å²) >= 11 is 12.3. The van der Waals surface area contributed by atoms with Crippen LogP contribution in [0.5, 0.6) is 0 Å². The second-order valence-electron chi connectivity index (χ2n) is 11.1. The Morgan fingerprint density at radius 1 is 0.950 bits per heavy atom. The Kier molecular flexibility index (Phi) is 9.33. The average Bonchev–Trinajstić information content (AvgIpc) is 2.89. The number of halogens is 2. The molecular formula is C30H34Cl2N2O5S. The fourth-order valence-corrected chi connectivity index (χ4v) is 7.18. The van der Waals surface area contributed by atoms with Crippen molar-refractivity contribution in [3.8, 4) is 0 Å². The Morgan fingerprint density at radius 3 is 2.23 bits per heavy atom. The van der Waals surface area contributed by atoms with Gasteiger partial charge in [0.25, 0.3) is 15.9 Å².